The molecule has 0 fully saturated rings. The van der Waals surface area contributed by atoms with Crippen LogP contribution < -0.4 is 9.79 Å². The third-order valence-corrected chi connectivity index (χ3v) is 2.56. The molecule has 0 aromatic heterocycles. The molecular weight excluding hydrogens is 258 g/mol. The largest absolute Gasteiger partial charge is 0.756 e. The number of rotatable bonds is 8. The lowest BCUT2D eigenvalue weighted by Crippen LogP contribution is -2.14. The van der Waals surface area contributed by atoms with E-state index < -0.39 is 36.0 Å². The number of hydrogen-bond donors (Lipinski definition) is 2. The molecule has 0 bridgehead atoms. The summed E-state index contributed by atoms with van der Waals surface area (Å²) in [6.07, 6.45) is 0. The Morgan fingerprint density at radius 2 is 1.20 bits per heavy atom. The smallest absolute Gasteiger partial charge is 0.272 e. The topological polar surface area (TPSA) is 158 Å². The van der Waals surface area contributed by atoms with Crippen LogP contribution in [0.5, 0.6) is 0 Å². The lowest BCUT2D eigenvalue weighted by atomic mass is 11.6. The molecule has 0 saturated heterocycles. The molecule has 2 unspecified atom stereocenters. The van der Waals surface area contributed by atoms with Crippen molar-refractivity contribution in [2.24, 2.45) is 0 Å². The van der Waals surface area contributed by atoms with Gasteiger partial charge < -0.3 is 20.0 Å². The summed E-state index contributed by atoms with van der Waals surface area (Å²) in [5.41, 5.74) is 0. The first-order valence-electron chi connectivity index (χ1n) is 3.25. The third kappa shape index (κ3) is 8.00. The Kier molecular flexibility index (Phi) is 6.73. The molecule has 0 saturated carbocycles. The van der Waals surface area contributed by atoms with Gasteiger partial charge in [0.1, 0.15) is 0 Å². The molecule has 0 aromatic carbocycles. The van der Waals surface area contributed by atoms with Crippen LogP contribution in [0, 0.1) is 0 Å². The van der Waals surface area contributed by atoms with E-state index in [-0.39, 0.29) is 0 Å². The van der Waals surface area contributed by atoms with Gasteiger partial charge in [0.15, 0.2) is 20.4 Å². The van der Waals surface area contributed by atoms with Crippen LogP contribution in [0.25, 0.3) is 0 Å². The second-order valence-corrected chi connectivity index (χ2v) is 4.61. The van der Waals surface area contributed by atoms with Crippen molar-refractivity contribution < 1.29 is 47.2 Å². The molecule has 0 amide bonds. The van der Waals surface area contributed by atoms with Crippen LogP contribution in [0.1, 0.15) is 0 Å². The van der Waals surface area contributed by atoms with Crippen LogP contribution in [0.15, 0.2) is 0 Å². The van der Waals surface area contributed by atoms with E-state index in [1.807, 2.05) is 0 Å². The van der Waals surface area contributed by atoms with E-state index in [1.165, 1.54) is 0 Å². The van der Waals surface area contributed by atoms with Gasteiger partial charge in [-0.15, -0.1) is 0 Å². The van der Waals surface area contributed by atoms with Crippen LogP contribution in [0.3, 0.4) is 0 Å². The molecular formula is C3H8O10P2-2. The normalized spacial score (nSPS) is 19.5. The van der Waals surface area contributed by atoms with E-state index in [2.05, 4.69) is 18.1 Å². The van der Waals surface area contributed by atoms with Crippen molar-refractivity contribution in [2.45, 2.75) is 0 Å². The van der Waals surface area contributed by atoms with Gasteiger partial charge >= 0.3 is 0 Å². The lowest BCUT2D eigenvalue weighted by molar-refractivity contribution is -0.248. The summed E-state index contributed by atoms with van der Waals surface area (Å²) in [4.78, 5) is 21.1. The van der Waals surface area contributed by atoms with Crippen molar-refractivity contribution in [1.82, 2.24) is 0 Å². The molecule has 0 heterocycles. The van der Waals surface area contributed by atoms with Crippen molar-refractivity contribution in [3.8, 4) is 0 Å². The second kappa shape index (κ2) is 6.66. The molecule has 2 atom stereocenters. The molecule has 92 valence electrons. The molecule has 15 heavy (non-hydrogen) atoms. The molecule has 0 rings (SSSR count). The zero-order valence-corrected chi connectivity index (χ0v) is 8.97. The van der Waals surface area contributed by atoms with Crippen LogP contribution >= 0.6 is 15.6 Å². The minimum absolute atomic E-state index is 1.15. The summed E-state index contributed by atoms with van der Waals surface area (Å²) >= 11 is 0. The SMILES string of the molecule is O=P([O-])(OCO)OCOP(=O)([O-])OCO. The summed E-state index contributed by atoms with van der Waals surface area (Å²) in [6, 6.07) is 0. The van der Waals surface area contributed by atoms with E-state index in [4.69, 9.17) is 10.2 Å². The van der Waals surface area contributed by atoms with Gasteiger partial charge in [0.25, 0.3) is 15.6 Å². The van der Waals surface area contributed by atoms with Crippen LogP contribution in [-0.2, 0) is 27.2 Å². The lowest BCUT2D eigenvalue weighted by Gasteiger charge is -2.24. The maximum Gasteiger partial charge on any atom is 0.272 e. The first-order chi connectivity index (χ1) is 6.83. The summed E-state index contributed by atoms with van der Waals surface area (Å²) in [6.45, 7) is -3.52. The van der Waals surface area contributed by atoms with Crippen LogP contribution in [0.4, 0.5) is 0 Å². The van der Waals surface area contributed by atoms with Gasteiger partial charge in [-0.3, -0.25) is 27.2 Å². The Morgan fingerprint density at radius 1 is 0.867 bits per heavy atom. The highest BCUT2D eigenvalue weighted by atomic mass is 31.2. The molecule has 2 N–H and O–H groups in total. The quantitative estimate of drug-likeness (QED) is 0.366. The molecule has 0 aliphatic heterocycles. The van der Waals surface area contributed by atoms with E-state index in [0.29, 0.717) is 0 Å². The molecule has 12 heteroatoms. The summed E-state index contributed by atoms with van der Waals surface area (Å²) < 4.78 is 36.0. The average molecular weight is 266 g/mol. The zero-order valence-electron chi connectivity index (χ0n) is 7.18. The van der Waals surface area contributed by atoms with Crippen LogP contribution in [0.2, 0.25) is 0 Å². The highest BCUT2D eigenvalue weighted by Crippen LogP contribution is 2.42. The van der Waals surface area contributed by atoms with Gasteiger partial charge in [0, 0.05) is 0 Å². The number of aliphatic hydroxyl groups is 2. The zero-order chi connectivity index (χ0) is 11.9. The van der Waals surface area contributed by atoms with Crippen molar-refractivity contribution in [2.75, 3.05) is 20.4 Å². The van der Waals surface area contributed by atoms with Crippen molar-refractivity contribution in [1.29, 1.82) is 0 Å². The number of aliphatic hydroxyl groups excluding tert-OH is 2. The van der Waals surface area contributed by atoms with Gasteiger partial charge in [-0.1, -0.05) is 0 Å². The predicted molar refractivity (Wildman–Crippen MR) is 38.6 cm³/mol. The van der Waals surface area contributed by atoms with Crippen molar-refractivity contribution >= 4 is 15.6 Å². The Morgan fingerprint density at radius 3 is 1.47 bits per heavy atom. The summed E-state index contributed by atoms with van der Waals surface area (Å²) in [5.74, 6) is 0. The fourth-order valence-electron chi connectivity index (χ4n) is 0.369. The fourth-order valence-corrected chi connectivity index (χ4v) is 1.25. The average Bonchev–Trinajstić information content (AvgIpc) is 2.02. The number of phosphoric acid groups is 2. The molecule has 10 nitrogen and oxygen atoms in total. The van der Waals surface area contributed by atoms with Crippen molar-refractivity contribution in [3.63, 3.8) is 0 Å². The molecule has 0 aliphatic rings. The van der Waals surface area contributed by atoms with Crippen LogP contribution in [-0.4, -0.2) is 30.6 Å². The van der Waals surface area contributed by atoms with Gasteiger partial charge in [-0.05, 0) is 0 Å². The number of phosphoric ester groups is 2. The standard InChI is InChI=1S/C3H10O10P2/c4-1-10-14(6,7)12-3-13-15(8,9)11-2-5/h4-5H,1-3H2,(H,6,7)(H,8,9)/p-2. The van der Waals surface area contributed by atoms with Gasteiger partial charge in [0.05, 0.1) is 0 Å². The van der Waals surface area contributed by atoms with Gasteiger partial charge in [-0.25, -0.2) is 0 Å². The monoisotopic (exact) mass is 266 g/mol. The predicted octanol–water partition coefficient (Wildman–Crippen LogP) is -2.15. The Labute approximate surface area is 84.2 Å². The van der Waals surface area contributed by atoms with Gasteiger partial charge in [0.2, 0.25) is 0 Å². The Hall–Kier alpha value is 0.140. The van der Waals surface area contributed by atoms with Crippen molar-refractivity contribution in [3.05, 3.63) is 0 Å². The van der Waals surface area contributed by atoms with Gasteiger partial charge in [-0.2, -0.15) is 0 Å². The minimum Gasteiger partial charge on any atom is -0.756 e. The number of hydrogen-bond acceptors (Lipinski definition) is 10. The van der Waals surface area contributed by atoms with E-state index in [9.17, 15) is 18.9 Å². The minimum atomic E-state index is -4.80. The Balaban J connectivity index is 3.88. The van der Waals surface area contributed by atoms with E-state index >= 15 is 0 Å². The molecule has 0 aliphatic carbocycles. The fraction of sp³-hybridized carbons (Fsp3) is 1.00. The second-order valence-electron chi connectivity index (χ2n) is 1.79. The Bertz CT molecular complexity index is 237. The highest BCUT2D eigenvalue weighted by molar-refractivity contribution is 7.46. The molecule has 0 spiro atoms. The summed E-state index contributed by atoms with van der Waals surface area (Å²) in [7, 11) is -9.60. The third-order valence-electron chi connectivity index (χ3n) is 0.853. The van der Waals surface area contributed by atoms with E-state index in [0.717, 1.165) is 0 Å². The first kappa shape index (κ1) is 15.1. The maximum atomic E-state index is 10.5. The first-order valence-corrected chi connectivity index (χ1v) is 6.17. The molecule has 0 aromatic rings. The summed E-state index contributed by atoms with van der Waals surface area (Å²) in [5, 5.41) is 16.1. The highest BCUT2D eigenvalue weighted by Gasteiger charge is 2.13. The maximum absolute atomic E-state index is 10.5. The van der Waals surface area contributed by atoms with E-state index in [1.54, 1.807) is 0 Å². The molecule has 0 radical (unpaired) electrons.